The number of aromatic amines is 1. The van der Waals surface area contributed by atoms with Crippen LogP contribution in [0.2, 0.25) is 0 Å². The van der Waals surface area contributed by atoms with Crippen molar-refractivity contribution in [2.45, 2.75) is 24.3 Å². The first-order valence-corrected chi connectivity index (χ1v) is 5.82. The zero-order chi connectivity index (χ0) is 10.1. The molecule has 0 atom stereocenters. The third-order valence-electron chi connectivity index (χ3n) is 2.22. The molecule has 0 spiro atoms. The fraction of sp³-hybridized carbons (Fsp3) is 0.500. The van der Waals surface area contributed by atoms with Gasteiger partial charge in [0.05, 0.1) is 6.33 Å². The monoisotopic (exact) mass is 325 g/mol. The molecule has 0 saturated heterocycles. The summed E-state index contributed by atoms with van der Waals surface area (Å²) in [5.41, 5.74) is -0.107. The molecule has 76 valence electrons. The Balaban J connectivity index is 2.10. The minimum atomic E-state index is -0.107. The Morgan fingerprint density at radius 1 is 1.64 bits per heavy atom. The van der Waals surface area contributed by atoms with Gasteiger partial charge in [-0.3, -0.25) is 4.79 Å². The van der Waals surface area contributed by atoms with Gasteiger partial charge in [-0.15, -0.1) is 11.6 Å². The lowest BCUT2D eigenvalue weighted by atomic mass is 9.92. The van der Waals surface area contributed by atoms with Crippen LogP contribution in [0.4, 0.5) is 5.82 Å². The smallest absolute Gasteiger partial charge is 0.266 e. The lowest BCUT2D eigenvalue weighted by Crippen LogP contribution is -2.37. The molecule has 0 aromatic carbocycles. The molecule has 1 heterocycles. The lowest BCUT2D eigenvalue weighted by molar-refractivity contribution is 0.453. The third kappa shape index (κ3) is 2.03. The summed E-state index contributed by atoms with van der Waals surface area (Å²) in [5.74, 6) is 0.655. The molecule has 4 nitrogen and oxygen atoms in total. The van der Waals surface area contributed by atoms with Gasteiger partial charge in [0.25, 0.3) is 5.56 Å². The molecule has 14 heavy (non-hydrogen) atoms. The summed E-state index contributed by atoms with van der Waals surface area (Å²) < 4.78 is 0.600. The second kappa shape index (κ2) is 4.06. The maximum atomic E-state index is 11.2. The van der Waals surface area contributed by atoms with E-state index in [1.165, 1.54) is 6.33 Å². The topological polar surface area (TPSA) is 57.8 Å². The molecule has 0 amide bonds. The van der Waals surface area contributed by atoms with Crippen LogP contribution in [0.5, 0.6) is 0 Å². The number of aromatic nitrogens is 2. The largest absolute Gasteiger partial charge is 0.366 e. The molecule has 1 aliphatic rings. The van der Waals surface area contributed by atoms with E-state index in [0.29, 0.717) is 15.4 Å². The molecule has 0 bridgehead atoms. The van der Waals surface area contributed by atoms with Crippen molar-refractivity contribution in [2.24, 2.45) is 0 Å². The number of nitrogens with zero attached hydrogens (tertiary/aromatic N) is 1. The van der Waals surface area contributed by atoms with E-state index in [9.17, 15) is 4.79 Å². The minimum Gasteiger partial charge on any atom is -0.366 e. The highest BCUT2D eigenvalue weighted by Crippen LogP contribution is 2.28. The molecule has 1 aliphatic carbocycles. The molecule has 0 unspecified atom stereocenters. The molecule has 1 aromatic rings. The molecular weight excluding hydrogens is 316 g/mol. The van der Waals surface area contributed by atoms with Crippen LogP contribution in [0, 0.1) is 3.57 Å². The van der Waals surface area contributed by atoms with Crippen LogP contribution >= 0.6 is 34.2 Å². The lowest BCUT2D eigenvalue weighted by Gasteiger charge is -2.32. The van der Waals surface area contributed by atoms with Gasteiger partial charge in [0.1, 0.15) is 9.39 Å². The van der Waals surface area contributed by atoms with Crippen LogP contribution in [-0.4, -0.2) is 21.4 Å². The van der Waals surface area contributed by atoms with Crippen molar-refractivity contribution in [3.8, 4) is 0 Å². The van der Waals surface area contributed by atoms with Crippen LogP contribution in [0.1, 0.15) is 12.8 Å². The van der Waals surface area contributed by atoms with Gasteiger partial charge < -0.3 is 10.3 Å². The van der Waals surface area contributed by atoms with Gasteiger partial charge in [0.15, 0.2) is 0 Å². The zero-order valence-corrected chi connectivity index (χ0v) is 10.2. The Morgan fingerprint density at radius 3 is 3.00 bits per heavy atom. The van der Waals surface area contributed by atoms with Crippen molar-refractivity contribution in [1.29, 1.82) is 0 Å². The van der Waals surface area contributed by atoms with Gasteiger partial charge in [-0.1, -0.05) is 0 Å². The van der Waals surface area contributed by atoms with E-state index in [-0.39, 0.29) is 10.9 Å². The van der Waals surface area contributed by atoms with Crippen LogP contribution in [0.3, 0.4) is 0 Å². The molecule has 2 N–H and O–H groups in total. The normalized spacial score (nSPS) is 25.6. The van der Waals surface area contributed by atoms with E-state index < -0.39 is 0 Å². The fourth-order valence-electron chi connectivity index (χ4n) is 1.34. The van der Waals surface area contributed by atoms with Crippen LogP contribution in [-0.2, 0) is 0 Å². The van der Waals surface area contributed by atoms with Gasteiger partial charge in [-0.05, 0) is 35.4 Å². The fourth-order valence-corrected chi connectivity index (χ4v) is 2.22. The van der Waals surface area contributed by atoms with E-state index in [1.807, 2.05) is 22.6 Å². The molecule has 1 fully saturated rings. The predicted octanol–water partition coefficient (Wildman–Crippen LogP) is 1.56. The highest BCUT2D eigenvalue weighted by molar-refractivity contribution is 14.1. The summed E-state index contributed by atoms with van der Waals surface area (Å²) in [4.78, 5) is 17.8. The molecule has 6 heteroatoms. The summed E-state index contributed by atoms with van der Waals surface area (Å²) in [6.45, 7) is 0. The summed E-state index contributed by atoms with van der Waals surface area (Å²) in [7, 11) is 0. The average molecular weight is 326 g/mol. The van der Waals surface area contributed by atoms with Gasteiger partial charge in [-0.2, -0.15) is 0 Å². The van der Waals surface area contributed by atoms with E-state index in [0.717, 1.165) is 12.8 Å². The Morgan fingerprint density at radius 2 is 2.36 bits per heavy atom. The molecule has 1 saturated carbocycles. The van der Waals surface area contributed by atoms with Gasteiger partial charge in [-0.25, -0.2) is 4.98 Å². The number of halogens is 2. The Labute approximate surface area is 99.6 Å². The zero-order valence-electron chi connectivity index (χ0n) is 7.26. The quantitative estimate of drug-likeness (QED) is 0.641. The van der Waals surface area contributed by atoms with E-state index in [4.69, 9.17) is 11.6 Å². The number of anilines is 1. The Bertz CT molecular complexity index is 388. The van der Waals surface area contributed by atoms with Gasteiger partial charge in [0, 0.05) is 11.4 Å². The van der Waals surface area contributed by atoms with Crippen LogP contribution < -0.4 is 10.9 Å². The van der Waals surface area contributed by atoms with Crippen LogP contribution in [0.25, 0.3) is 0 Å². The molecule has 1 aromatic heterocycles. The SMILES string of the molecule is O=c1[nH]cnc(NC2CC(Cl)C2)c1I. The van der Waals surface area contributed by atoms with Crippen molar-refractivity contribution in [3.63, 3.8) is 0 Å². The highest BCUT2D eigenvalue weighted by Gasteiger charge is 2.27. The van der Waals surface area contributed by atoms with E-state index >= 15 is 0 Å². The van der Waals surface area contributed by atoms with Gasteiger partial charge >= 0.3 is 0 Å². The molecule has 2 rings (SSSR count). The number of H-pyrrole nitrogens is 1. The first kappa shape index (κ1) is 10.2. The maximum absolute atomic E-state index is 11.2. The summed E-state index contributed by atoms with van der Waals surface area (Å²) in [5, 5.41) is 3.47. The second-order valence-corrected chi connectivity index (χ2v) is 5.00. The third-order valence-corrected chi connectivity index (χ3v) is 3.58. The Kier molecular flexibility index (Phi) is 2.96. The molecule has 0 aliphatic heterocycles. The molecule has 0 radical (unpaired) electrons. The van der Waals surface area contributed by atoms with Crippen molar-refractivity contribution in [1.82, 2.24) is 9.97 Å². The Hall–Kier alpha value is -0.300. The number of nitrogens with one attached hydrogen (secondary N) is 2. The minimum absolute atomic E-state index is 0.107. The first-order valence-electron chi connectivity index (χ1n) is 4.30. The average Bonchev–Trinajstić information content (AvgIpc) is 2.10. The van der Waals surface area contributed by atoms with Gasteiger partial charge in [0.2, 0.25) is 0 Å². The predicted molar refractivity (Wildman–Crippen MR) is 63.9 cm³/mol. The second-order valence-electron chi connectivity index (χ2n) is 3.30. The van der Waals surface area contributed by atoms with E-state index in [2.05, 4.69) is 15.3 Å². The van der Waals surface area contributed by atoms with Crippen molar-refractivity contribution in [2.75, 3.05) is 5.32 Å². The summed E-state index contributed by atoms with van der Waals surface area (Å²) in [6.07, 6.45) is 3.28. The van der Waals surface area contributed by atoms with Crippen molar-refractivity contribution in [3.05, 3.63) is 20.3 Å². The van der Waals surface area contributed by atoms with Crippen molar-refractivity contribution < 1.29 is 0 Å². The molecular formula is C8H9ClIN3O. The summed E-state index contributed by atoms with van der Waals surface area (Å²) in [6, 6.07) is 0.361. The van der Waals surface area contributed by atoms with E-state index in [1.54, 1.807) is 0 Å². The standard InChI is InChI=1S/C8H9ClIN3O/c9-4-1-5(2-4)13-7-6(10)8(14)12-3-11-7/h3-5H,1-2H2,(H2,11,12,13,14). The summed E-state index contributed by atoms with van der Waals surface area (Å²) >= 11 is 7.83. The first-order chi connectivity index (χ1) is 6.66. The number of hydrogen-bond donors (Lipinski definition) is 2. The van der Waals surface area contributed by atoms with Crippen molar-refractivity contribution >= 4 is 40.0 Å². The number of alkyl halides is 1. The number of hydrogen-bond acceptors (Lipinski definition) is 3. The van der Waals surface area contributed by atoms with Crippen LogP contribution in [0.15, 0.2) is 11.1 Å². The maximum Gasteiger partial charge on any atom is 0.266 e. The highest BCUT2D eigenvalue weighted by atomic mass is 127. The number of rotatable bonds is 2.